The van der Waals surface area contributed by atoms with Crippen LogP contribution in [0.25, 0.3) is 0 Å². The number of aliphatic hydroxyl groups is 1. The van der Waals surface area contributed by atoms with Gasteiger partial charge in [-0.25, -0.2) is 0 Å². The second-order valence-electron chi connectivity index (χ2n) is 3.60. The summed E-state index contributed by atoms with van der Waals surface area (Å²) in [6.45, 7) is 4.91. The summed E-state index contributed by atoms with van der Waals surface area (Å²) >= 11 is 0. The molecule has 1 heterocycles. The Kier molecular flexibility index (Phi) is 3.98. The fourth-order valence-electron chi connectivity index (χ4n) is 1.64. The number of methoxy groups -OCH3 is 1. The highest BCUT2D eigenvalue weighted by Gasteiger charge is 2.18. The van der Waals surface area contributed by atoms with E-state index in [4.69, 9.17) is 4.74 Å². The van der Waals surface area contributed by atoms with Gasteiger partial charge < -0.3 is 9.84 Å². The minimum absolute atomic E-state index is 0.122. The van der Waals surface area contributed by atoms with Gasteiger partial charge in [-0.2, -0.15) is 0 Å². The first-order valence-electron chi connectivity index (χ1n) is 4.65. The Balaban J connectivity index is 2.22. The molecule has 1 fully saturated rings. The van der Waals surface area contributed by atoms with Crippen LogP contribution in [-0.2, 0) is 4.74 Å². The first kappa shape index (κ1) is 9.96. The Labute approximate surface area is 74.3 Å². The first-order chi connectivity index (χ1) is 5.72. The van der Waals surface area contributed by atoms with E-state index in [2.05, 4.69) is 11.8 Å². The smallest absolute Gasteiger partial charge is 0.0670 e. The Bertz CT molecular complexity index is 130. The molecule has 0 bridgehead atoms. The van der Waals surface area contributed by atoms with Gasteiger partial charge in [0.15, 0.2) is 0 Å². The summed E-state index contributed by atoms with van der Waals surface area (Å²) in [5.74, 6) is 0. The molecule has 1 aliphatic rings. The molecule has 1 saturated heterocycles. The lowest BCUT2D eigenvalue weighted by Gasteiger charge is -2.31. The van der Waals surface area contributed by atoms with Gasteiger partial charge in [0.25, 0.3) is 0 Å². The zero-order valence-electron chi connectivity index (χ0n) is 7.99. The molecular weight excluding hydrogens is 154 g/mol. The van der Waals surface area contributed by atoms with Crippen molar-refractivity contribution in [1.29, 1.82) is 0 Å². The Morgan fingerprint density at radius 1 is 1.67 bits per heavy atom. The van der Waals surface area contributed by atoms with E-state index in [1.54, 1.807) is 7.11 Å². The van der Waals surface area contributed by atoms with Crippen LogP contribution >= 0.6 is 0 Å². The third-order valence-electron chi connectivity index (χ3n) is 2.40. The average Bonchev–Trinajstić information content (AvgIpc) is 2.04. The molecule has 2 atom stereocenters. The van der Waals surface area contributed by atoms with Gasteiger partial charge >= 0.3 is 0 Å². The Morgan fingerprint density at radius 2 is 2.42 bits per heavy atom. The van der Waals surface area contributed by atoms with Gasteiger partial charge in [0.05, 0.1) is 12.2 Å². The van der Waals surface area contributed by atoms with Crippen LogP contribution in [-0.4, -0.2) is 49.0 Å². The quantitative estimate of drug-likeness (QED) is 0.673. The van der Waals surface area contributed by atoms with Crippen LogP contribution in [0.4, 0.5) is 0 Å². The minimum atomic E-state index is -0.122. The number of nitrogens with zero attached hydrogens (tertiary/aromatic N) is 1. The molecule has 3 nitrogen and oxygen atoms in total. The lowest BCUT2D eigenvalue weighted by Crippen LogP contribution is -2.41. The summed E-state index contributed by atoms with van der Waals surface area (Å²) in [6, 6.07) is 0. The van der Waals surface area contributed by atoms with Crippen LogP contribution < -0.4 is 0 Å². The van der Waals surface area contributed by atoms with E-state index >= 15 is 0 Å². The summed E-state index contributed by atoms with van der Waals surface area (Å²) in [4.78, 5) is 2.27. The average molecular weight is 173 g/mol. The van der Waals surface area contributed by atoms with Crippen molar-refractivity contribution < 1.29 is 9.84 Å². The van der Waals surface area contributed by atoms with Gasteiger partial charge in [-0.15, -0.1) is 0 Å². The van der Waals surface area contributed by atoms with E-state index in [1.807, 2.05) is 0 Å². The standard InChI is InChI=1S/C9H19NO2/c1-8(12-2)6-10-5-3-4-9(11)7-10/h8-9,11H,3-7H2,1-2H3/t8?,9-/m0/s1. The number of piperidine rings is 1. The number of aliphatic hydroxyl groups excluding tert-OH is 1. The zero-order valence-corrected chi connectivity index (χ0v) is 7.99. The van der Waals surface area contributed by atoms with Gasteiger partial charge in [-0.3, -0.25) is 4.90 Å². The zero-order chi connectivity index (χ0) is 8.97. The molecule has 0 amide bonds. The number of hydrogen-bond acceptors (Lipinski definition) is 3. The Morgan fingerprint density at radius 3 is 3.00 bits per heavy atom. The minimum Gasteiger partial charge on any atom is -0.392 e. The predicted octanol–water partition coefficient (Wildman–Crippen LogP) is 0.478. The van der Waals surface area contributed by atoms with Gasteiger partial charge in [0, 0.05) is 20.2 Å². The van der Waals surface area contributed by atoms with Crippen molar-refractivity contribution in [1.82, 2.24) is 4.90 Å². The first-order valence-corrected chi connectivity index (χ1v) is 4.65. The highest BCUT2D eigenvalue weighted by Crippen LogP contribution is 2.10. The SMILES string of the molecule is COC(C)CN1CCC[C@H](O)C1. The van der Waals surface area contributed by atoms with Crippen LogP contribution in [0.1, 0.15) is 19.8 Å². The molecule has 72 valence electrons. The molecule has 0 saturated carbocycles. The molecule has 1 rings (SSSR count). The van der Waals surface area contributed by atoms with Gasteiger partial charge in [-0.05, 0) is 26.3 Å². The molecule has 0 aromatic heterocycles. The maximum absolute atomic E-state index is 9.38. The van der Waals surface area contributed by atoms with Crippen LogP contribution in [0, 0.1) is 0 Å². The second kappa shape index (κ2) is 4.80. The molecule has 0 aromatic carbocycles. The number of β-amino-alcohol motifs (C(OH)–C–C–N with tert-alkyl or cyclic N) is 1. The summed E-state index contributed by atoms with van der Waals surface area (Å²) in [6.07, 6.45) is 2.22. The molecule has 1 unspecified atom stereocenters. The van der Waals surface area contributed by atoms with Gasteiger partial charge in [0.1, 0.15) is 0 Å². The molecular formula is C9H19NO2. The van der Waals surface area contributed by atoms with Crippen molar-refractivity contribution in [3.8, 4) is 0 Å². The van der Waals surface area contributed by atoms with Crippen molar-refractivity contribution >= 4 is 0 Å². The van der Waals surface area contributed by atoms with E-state index in [0.29, 0.717) is 0 Å². The van der Waals surface area contributed by atoms with Crippen molar-refractivity contribution in [2.45, 2.75) is 32.0 Å². The number of likely N-dealkylation sites (tertiary alicyclic amines) is 1. The summed E-state index contributed by atoms with van der Waals surface area (Å²) in [5, 5.41) is 9.38. The third-order valence-corrected chi connectivity index (χ3v) is 2.40. The van der Waals surface area contributed by atoms with E-state index in [0.717, 1.165) is 32.5 Å². The molecule has 0 aliphatic carbocycles. The number of ether oxygens (including phenoxy) is 1. The molecule has 0 aromatic rings. The number of hydrogen-bond donors (Lipinski definition) is 1. The largest absolute Gasteiger partial charge is 0.392 e. The summed E-state index contributed by atoms with van der Waals surface area (Å²) in [5.41, 5.74) is 0. The second-order valence-corrected chi connectivity index (χ2v) is 3.60. The van der Waals surface area contributed by atoms with Gasteiger partial charge in [-0.1, -0.05) is 0 Å². The third kappa shape index (κ3) is 3.09. The molecule has 0 radical (unpaired) electrons. The highest BCUT2D eigenvalue weighted by molar-refractivity contribution is 4.73. The monoisotopic (exact) mass is 173 g/mol. The molecule has 1 N–H and O–H groups in total. The van der Waals surface area contributed by atoms with Crippen molar-refractivity contribution in [3.63, 3.8) is 0 Å². The van der Waals surface area contributed by atoms with Crippen LogP contribution in [0.5, 0.6) is 0 Å². The topological polar surface area (TPSA) is 32.7 Å². The predicted molar refractivity (Wildman–Crippen MR) is 48.2 cm³/mol. The van der Waals surface area contributed by atoms with E-state index < -0.39 is 0 Å². The maximum atomic E-state index is 9.38. The van der Waals surface area contributed by atoms with E-state index in [-0.39, 0.29) is 12.2 Å². The van der Waals surface area contributed by atoms with Crippen molar-refractivity contribution in [3.05, 3.63) is 0 Å². The molecule has 1 aliphatic heterocycles. The van der Waals surface area contributed by atoms with Crippen LogP contribution in [0.15, 0.2) is 0 Å². The van der Waals surface area contributed by atoms with E-state index in [9.17, 15) is 5.11 Å². The normalized spacial score (nSPS) is 28.8. The molecule has 3 heteroatoms. The summed E-state index contributed by atoms with van der Waals surface area (Å²) in [7, 11) is 1.73. The lowest BCUT2D eigenvalue weighted by atomic mass is 10.1. The fraction of sp³-hybridized carbons (Fsp3) is 1.00. The molecule has 0 spiro atoms. The van der Waals surface area contributed by atoms with Gasteiger partial charge in [0.2, 0.25) is 0 Å². The van der Waals surface area contributed by atoms with Crippen LogP contribution in [0.3, 0.4) is 0 Å². The highest BCUT2D eigenvalue weighted by atomic mass is 16.5. The molecule has 12 heavy (non-hydrogen) atoms. The maximum Gasteiger partial charge on any atom is 0.0670 e. The Hall–Kier alpha value is -0.120. The van der Waals surface area contributed by atoms with Crippen LogP contribution in [0.2, 0.25) is 0 Å². The lowest BCUT2D eigenvalue weighted by molar-refractivity contribution is 0.0286. The van der Waals surface area contributed by atoms with Crippen molar-refractivity contribution in [2.24, 2.45) is 0 Å². The summed E-state index contributed by atoms with van der Waals surface area (Å²) < 4.78 is 5.16. The number of rotatable bonds is 3. The van der Waals surface area contributed by atoms with Crippen molar-refractivity contribution in [2.75, 3.05) is 26.7 Å². The van der Waals surface area contributed by atoms with E-state index in [1.165, 1.54) is 0 Å². The fourth-order valence-corrected chi connectivity index (χ4v) is 1.64.